The van der Waals surface area contributed by atoms with E-state index >= 15 is 0 Å². The zero-order chi connectivity index (χ0) is 22.6. The van der Waals surface area contributed by atoms with Gasteiger partial charge in [0.1, 0.15) is 12.4 Å². The lowest BCUT2D eigenvalue weighted by atomic mass is 9.99. The van der Waals surface area contributed by atoms with Gasteiger partial charge in [0.25, 0.3) is 0 Å². The van der Waals surface area contributed by atoms with Crippen LogP contribution in [0.2, 0.25) is 0 Å². The first-order valence-electron chi connectivity index (χ1n) is 11.0. The predicted octanol–water partition coefficient (Wildman–Crippen LogP) is 6.41. The molecule has 0 fully saturated rings. The van der Waals surface area contributed by atoms with Crippen molar-refractivity contribution < 1.29 is 19.0 Å². The Morgan fingerprint density at radius 3 is 2.19 bits per heavy atom. The quantitative estimate of drug-likeness (QED) is 0.280. The molecule has 2 unspecified atom stereocenters. The normalized spacial score (nSPS) is 12.6. The number of para-hydroxylation sites is 1. The second-order valence-electron chi connectivity index (χ2n) is 7.61. The number of benzene rings is 3. The summed E-state index contributed by atoms with van der Waals surface area (Å²) in [5.41, 5.74) is 3.08. The van der Waals surface area contributed by atoms with Crippen LogP contribution in [0.15, 0.2) is 84.9 Å². The van der Waals surface area contributed by atoms with E-state index in [1.165, 1.54) is 5.56 Å². The van der Waals surface area contributed by atoms with Gasteiger partial charge in [-0.25, -0.2) is 4.79 Å². The van der Waals surface area contributed by atoms with Crippen LogP contribution in [0.3, 0.4) is 0 Å². The first-order chi connectivity index (χ1) is 15.6. The average Bonchev–Trinajstić information content (AvgIpc) is 2.83. The van der Waals surface area contributed by atoms with Crippen molar-refractivity contribution in [3.05, 3.63) is 96.1 Å². The van der Waals surface area contributed by atoms with Crippen molar-refractivity contribution in [1.82, 2.24) is 0 Å². The minimum Gasteiger partial charge on any atom is -0.465 e. The maximum Gasteiger partial charge on any atom is 0.411 e. The Kier molecular flexibility index (Phi) is 9.14. The van der Waals surface area contributed by atoms with Crippen LogP contribution in [-0.2, 0) is 15.9 Å². The molecule has 3 aromatic carbocycles. The van der Waals surface area contributed by atoms with Crippen LogP contribution in [0.5, 0.6) is 5.75 Å². The van der Waals surface area contributed by atoms with E-state index in [0.717, 1.165) is 17.7 Å². The molecule has 0 spiro atoms. The lowest BCUT2D eigenvalue weighted by molar-refractivity contribution is -0.0879. The van der Waals surface area contributed by atoms with Crippen LogP contribution < -0.4 is 10.1 Å². The topological polar surface area (TPSA) is 56.8 Å². The number of carbonyl (C=O) groups is 1. The van der Waals surface area contributed by atoms with E-state index in [0.29, 0.717) is 18.0 Å². The van der Waals surface area contributed by atoms with E-state index in [2.05, 4.69) is 31.3 Å². The van der Waals surface area contributed by atoms with E-state index < -0.39 is 12.4 Å². The van der Waals surface area contributed by atoms with Gasteiger partial charge >= 0.3 is 6.09 Å². The summed E-state index contributed by atoms with van der Waals surface area (Å²) in [6, 6.07) is 27.4. The molecule has 1 amide bonds. The maximum absolute atomic E-state index is 11.9. The molecule has 5 heteroatoms. The number of carbonyl (C=O) groups excluding carboxylic acids is 1. The largest absolute Gasteiger partial charge is 0.465 e. The average molecular weight is 434 g/mol. The molecule has 3 aromatic rings. The summed E-state index contributed by atoms with van der Waals surface area (Å²) in [4.78, 5) is 11.9. The SMILES string of the molecule is CCC(C)c1ccc(OC(Cc2ccccc2)OCCOC(=O)Nc2ccccc2)cc1. The van der Waals surface area contributed by atoms with Gasteiger partial charge < -0.3 is 14.2 Å². The first kappa shape index (κ1) is 23.4. The molecule has 168 valence electrons. The van der Waals surface area contributed by atoms with Crippen LogP contribution in [0.4, 0.5) is 10.5 Å². The Balaban J connectivity index is 1.52. The fourth-order valence-electron chi connectivity index (χ4n) is 3.19. The van der Waals surface area contributed by atoms with Crippen LogP contribution in [0, 0.1) is 0 Å². The third kappa shape index (κ3) is 7.75. The standard InChI is InChI=1S/C27H31NO4/c1-3-21(2)23-14-16-25(17-15-23)32-26(20-22-10-6-4-7-11-22)30-18-19-31-27(29)28-24-12-8-5-9-13-24/h4-17,21,26H,3,18-20H2,1-2H3,(H,28,29). The molecule has 0 saturated carbocycles. The van der Waals surface area contributed by atoms with Gasteiger partial charge in [-0.05, 0) is 47.7 Å². The van der Waals surface area contributed by atoms with Gasteiger partial charge in [0, 0.05) is 12.1 Å². The van der Waals surface area contributed by atoms with Gasteiger partial charge in [-0.2, -0.15) is 0 Å². The molecule has 0 heterocycles. The van der Waals surface area contributed by atoms with Crippen LogP contribution in [0.25, 0.3) is 0 Å². The van der Waals surface area contributed by atoms with Crippen molar-refractivity contribution in [1.29, 1.82) is 0 Å². The van der Waals surface area contributed by atoms with Gasteiger partial charge in [0.2, 0.25) is 6.29 Å². The summed E-state index contributed by atoms with van der Waals surface area (Å²) in [5.74, 6) is 1.26. The molecular weight excluding hydrogens is 402 g/mol. The number of nitrogens with one attached hydrogen (secondary N) is 1. The third-order valence-corrected chi connectivity index (χ3v) is 5.21. The molecule has 0 radical (unpaired) electrons. The molecule has 5 nitrogen and oxygen atoms in total. The van der Waals surface area contributed by atoms with Crippen LogP contribution in [-0.4, -0.2) is 25.6 Å². The number of hydrogen-bond acceptors (Lipinski definition) is 4. The van der Waals surface area contributed by atoms with Gasteiger partial charge in [-0.3, -0.25) is 5.32 Å². The Hall–Kier alpha value is -3.31. The number of hydrogen-bond donors (Lipinski definition) is 1. The molecule has 0 aliphatic rings. The summed E-state index contributed by atoms with van der Waals surface area (Å²) in [5, 5.41) is 2.68. The van der Waals surface area contributed by atoms with Crippen molar-refractivity contribution >= 4 is 11.8 Å². The summed E-state index contributed by atoms with van der Waals surface area (Å²) in [7, 11) is 0. The minimum atomic E-state index is -0.513. The van der Waals surface area contributed by atoms with Crippen molar-refractivity contribution in [2.75, 3.05) is 18.5 Å². The monoisotopic (exact) mass is 433 g/mol. The molecule has 0 aliphatic carbocycles. The lowest BCUT2D eigenvalue weighted by Gasteiger charge is -2.20. The second-order valence-corrected chi connectivity index (χ2v) is 7.61. The van der Waals surface area contributed by atoms with E-state index in [9.17, 15) is 4.79 Å². The molecule has 1 N–H and O–H groups in total. The molecule has 3 rings (SSSR count). The van der Waals surface area contributed by atoms with E-state index in [1.54, 1.807) is 12.1 Å². The van der Waals surface area contributed by atoms with E-state index in [1.807, 2.05) is 60.7 Å². The number of anilines is 1. The Bertz CT molecular complexity index is 929. The first-order valence-corrected chi connectivity index (χ1v) is 11.0. The smallest absolute Gasteiger partial charge is 0.411 e. The molecule has 0 saturated heterocycles. The lowest BCUT2D eigenvalue weighted by Crippen LogP contribution is -2.26. The summed E-state index contributed by atoms with van der Waals surface area (Å²) in [6.45, 7) is 4.75. The molecule has 0 aromatic heterocycles. The summed E-state index contributed by atoms with van der Waals surface area (Å²) in [6.07, 6.45) is 0.677. The highest BCUT2D eigenvalue weighted by molar-refractivity contribution is 5.84. The molecule has 32 heavy (non-hydrogen) atoms. The zero-order valence-electron chi connectivity index (χ0n) is 18.7. The van der Waals surface area contributed by atoms with Gasteiger partial charge in [0.15, 0.2) is 0 Å². The fraction of sp³-hybridized carbons (Fsp3) is 0.296. The van der Waals surface area contributed by atoms with Gasteiger partial charge in [-0.1, -0.05) is 74.5 Å². The van der Waals surface area contributed by atoms with Crippen LogP contribution >= 0.6 is 0 Å². The van der Waals surface area contributed by atoms with E-state index in [-0.39, 0.29) is 13.2 Å². The molecular formula is C27H31NO4. The van der Waals surface area contributed by atoms with Crippen molar-refractivity contribution in [3.8, 4) is 5.75 Å². The summed E-state index contributed by atoms with van der Waals surface area (Å²) < 4.78 is 17.3. The molecule has 2 atom stereocenters. The number of amides is 1. The predicted molar refractivity (Wildman–Crippen MR) is 127 cm³/mol. The molecule has 0 aliphatic heterocycles. The van der Waals surface area contributed by atoms with Gasteiger partial charge in [-0.15, -0.1) is 0 Å². The summed E-state index contributed by atoms with van der Waals surface area (Å²) >= 11 is 0. The maximum atomic E-state index is 11.9. The highest BCUT2D eigenvalue weighted by atomic mass is 16.7. The van der Waals surface area contributed by atoms with Crippen molar-refractivity contribution in [2.24, 2.45) is 0 Å². The minimum absolute atomic E-state index is 0.125. The third-order valence-electron chi connectivity index (χ3n) is 5.21. The fourth-order valence-corrected chi connectivity index (χ4v) is 3.19. The highest BCUT2D eigenvalue weighted by Crippen LogP contribution is 2.23. The number of rotatable bonds is 11. The Labute approximate surface area is 190 Å². The zero-order valence-corrected chi connectivity index (χ0v) is 18.7. The van der Waals surface area contributed by atoms with Crippen molar-refractivity contribution in [3.63, 3.8) is 0 Å². The van der Waals surface area contributed by atoms with Crippen molar-refractivity contribution in [2.45, 2.75) is 38.9 Å². The van der Waals surface area contributed by atoms with Crippen LogP contribution in [0.1, 0.15) is 37.3 Å². The number of ether oxygens (including phenoxy) is 3. The Morgan fingerprint density at radius 1 is 0.875 bits per heavy atom. The molecule has 0 bridgehead atoms. The highest BCUT2D eigenvalue weighted by Gasteiger charge is 2.14. The second kappa shape index (κ2) is 12.5. The van der Waals surface area contributed by atoms with E-state index in [4.69, 9.17) is 14.2 Å². The van der Waals surface area contributed by atoms with Gasteiger partial charge in [0.05, 0.1) is 6.61 Å². The Morgan fingerprint density at radius 2 is 1.53 bits per heavy atom.